The smallest absolute Gasteiger partial charge is 0.321 e. The molecule has 1 aliphatic rings. The number of halogens is 1. The lowest BCUT2D eigenvalue weighted by Gasteiger charge is -2.14. The minimum atomic E-state index is -0.395. The Morgan fingerprint density at radius 3 is 2.61 bits per heavy atom. The van der Waals surface area contributed by atoms with E-state index in [1.807, 2.05) is 0 Å². The largest absolute Gasteiger partial charge is 0.336 e. The fraction of sp³-hybridized carbons (Fsp3) is 0.150. The number of carbonyl (C=O) groups excluding carboxylic acids is 2. The predicted molar refractivity (Wildman–Crippen MR) is 103 cm³/mol. The van der Waals surface area contributed by atoms with Gasteiger partial charge in [0.05, 0.1) is 17.6 Å². The van der Waals surface area contributed by atoms with Gasteiger partial charge >= 0.3 is 6.03 Å². The van der Waals surface area contributed by atoms with Gasteiger partial charge in [-0.05, 0) is 43.3 Å². The van der Waals surface area contributed by atoms with E-state index in [1.54, 1.807) is 54.3 Å². The number of benzene rings is 2. The molecular weight excluding hydrogens is 361 g/mol. The summed E-state index contributed by atoms with van der Waals surface area (Å²) in [7, 11) is 0. The number of aromatic nitrogens is 2. The monoisotopic (exact) mass is 379 g/mol. The minimum Gasteiger partial charge on any atom is -0.336 e. The number of amides is 3. The summed E-state index contributed by atoms with van der Waals surface area (Å²) in [6, 6.07) is 12.9. The highest BCUT2D eigenvalue weighted by atomic mass is 19.1. The van der Waals surface area contributed by atoms with Crippen LogP contribution in [0.25, 0.3) is 5.69 Å². The van der Waals surface area contributed by atoms with E-state index in [4.69, 9.17) is 0 Å². The first-order valence-corrected chi connectivity index (χ1v) is 8.81. The Morgan fingerprint density at radius 2 is 1.93 bits per heavy atom. The van der Waals surface area contributed by atoms with Crippen molar-refractivity contribution in [3.63, 3.8) is 0 Å². The maximum absolute atomic E-state index is 14.0. The molecule has 142 valence electrons. The van der Waals surface area contributed by atoms with Gasteiger partial charge in [-0.2, -0.15) is 5.10 Å². The minimum absolute atomic E-state index is 0.145. The molecule has 1 aromatic heterocycles. The molecule has 4 rings (SSSR count). The molecule has 1 fully saturated rings. The summed E-state index contributed by atoms with van der Waals surface area (Å²) >= 11 is 0. The van der Waals surface area contributed by atoms with Crippen LogP contribution in [0.2, 0.25) is 0 Å². The van der Waals surface area contributed by atoms with E-state index >= 15 is 0 Å². The normalized spacial score (nSPS) is 13.5. The lowest BCUT2D eigenvalue weighted by atomic mass is 10.2. The first-order chi connectivity index (χ1) is 13.5. The Morgan fingerprint density at radius 1 is 1.18 bits per heavy atom. The highest BCUT2D eigenvalue weighted by Gasteiger charge is 2.21. The van der Waals surface area contributed by atoms with Crippen LogP contribution >= 0.6 is 0 Å². The Bertz CT molecular complexity index is 1050. The number of hydrogen-bond donors (Lipinski definition) is 2. The molecule has 8 heteroatoms. The van der Waals surface area contributed by atoms with E-state index in [9.17, 15) is 14.0 Å². The van der Waals surface area contributed by atoms with E-state index in [0.717, 1.165) is 5.69 Å². The van der Waals surface area contributed by atoms with Gasteiger partial charge in [-0.1, -0.05) is 12.1 Å². The van der Waals surface area contributed by atoms with Crippen LogP contribution < -0.4 is 15.5 Å². The van der Waals surface area contributed by atoms with Crippen LogP contribution in [0.5, 0.6) is 0 Å². The van der Waals surface area contributed by atoms with Crippen LogP contribution in [0.3, 0.4) is 0 Å². The molecule has 0 bridgehead atoms. The molecule has 0 saturated carbocycles. The summed E-state index contributed by atoms with van der Waals surface area (Å²) in [5.74, 6) is -0.707. The van der Waals surface area contributed by atoms with Crippen LogP contribution in [0.15, 0.2) is 54.7 Å². The average Bonchev–Trinajstić information content (AvgIpc) is 3.28. The summed E-state index contributed by atoms with van der Waals surface area (Å²) in [5.41, 5.74) is 2.60. The number of para-hydroxylation sites is 1. The van der Waals surface area contributed by atoms with E-state index < -0.39 is 5.82 Å². The van der Waals surface area contributed by atoms with Crippen LogP contribution in [0.1, 0.15) is 16.1 Å². The quantitative estimate of drug-likeness (QED) is 0.731. The Kier molecular flexibility index (Phi) is 4.52. The molecule has 0 radical (unpaired) electrons. The third-order valence-corrected chi connectivity index (χ3v) is 4.64. The van der Waals surface area contributed by atoms with E-state index in [0.29, 0.717) is 35.7 Å². The topological polar surface area (TPSA) is 79.3 Å². The zero-order chi connectivity index (χ0) is 19.7. The summed E-state index contributed by atoms with van der Waals surface area (Å²) in [5, 5.41) is 9.71. The van der Waals surface area contributed by atoms with Gasteiger partial charge in [-0.15, -0.1) is 0 Å². The maximum Gasteiger partial charge on any atom is 0.321 e. The zero-order valence-electron chi connectivity index (χ0n) is 15.1. The van der Waals surface area contributed by atoms with Crippen molar-refractivity contribution in [3.8, 4) is 5.69 Å². The second-order valence-electron chi connectivity index (χ2n) is 6.39. The highest BCUT2D eigenvalue weighted by molar-refractivity contribution is 6.05. The van der Waals surface area contributed by atoms with Gasteiger partial charge in [-0.3, -0.25) is 9.69 Å². The zero-order valence-corrected chi connectivity index (χ0v) is 15.1. The Labute approximate surface area is 160 Å². The van der Waals surface area contributed by atoms with E-state index in [1.165, 1.54) is 16.9 Å². The Hall–Kier alpha value is -3.68. The maximum atomic E-state index is 14.0. The number of carbonyl (C=O) groups is 2. The molecule has 2 aromatic carbocycles. The second-order valence-corrected chi connectivity index (χ2v) is 6.39. The molecule has 0 spiro atoms. The van der Waals surface area contributed by atoms with Gasteiger partial charge in [0.25, 0.3) is 5.91 Å². The molecule has 3 amide bonds. The van der Waals surface area contributed by atoms with Crippen molar-refractivity contribution in [1.29, 1.82) is 0 Å². The number of urea groups is 1. The summed E-state index contributed by atoms with van der Waals surface area (Å²) in [6.07, 6.45) is 1.49. The molecule has 2 N–H and O–H groups in total. The third kappa shape index (κ3) is 3.20. The standard InChI is InChI=1S/C20H18FN5O2/c1-13-17(12-23-26(13)18-5-3-2-4-16(18)21)24-19(27)14-6-8-15(9-7-14)25-11-10-22-20(25)28/h2-9,12H,10-11H2,1H3,(H,22,28)(H,24,27). The van der Waals surface area contributed by atoms with Gasteiger partial charge in [0, 0.05) is 24.3 Å². The summed E-state index contributed by atoms with van der Waals surface area (Å²) in [4.78, 5) is 25.9. The number of rotatable bonds is 4. The van der Waals surface area contributed by atoms with Crippen LogP contribution in [-0.4, -0.2) is 34.8 Å². The summed E-state index contributed by atoms with van der Waals surface area (Å²) in [6.45, 7) is 2.95. The second kappa shape index (κ2) is 7.15. The molecule has 0 unspecified atom stereocenters. The molecule has 28 heavy (non-hydrogen) atoms. The van der Waals surface area contributed by atoms with Gasteiger partial charge in [-0.25, -0.2) is 13.9 Å². The number of nitrogens with one attached hydrogen (secondary N) is 2. The van der Waals surface area contributed by atoms with E-state index in [2.05, 4.69) is 15.7 Å². The van der Waals surface area contributed by atoms with Gasteiger partial charge < -0.3 is 10.6 Å². The lowest BCUT2D eigenvalue weighted by Crippen LogP contribution is -2.27. The fourth-order valence-electron chi connectivity index (χ4n) is 3.10. The fourth-order valence-corrected chi connectivity index (χ4v) is 3.10. The van der Waals surface area contributed by atoms with Crippen molar-refractivity contribution in [2.24, 2.45) is 0 Å². The molecule has 1 aliphatic heterocycles. The third-order valence-electron chi connectivity index (χ3n) is 4.64. The van der Waals surface area contributed by atoms with Crippen LogP contribution in [0, 0.1) is 12.7 Å². The Balaban J connectivity index is 1.51. The van der Waals surface area contributed by atoms with Crippen molar-refractivity contribution in [3.05, 3.63) is 71.8 Å². The first-order valence-electron chi connectivity index (χ1n) is 8.81. The molecule has 3 aromatic rings. The highest BCUT2D eigenvalue weighted by Crippen LogP contribution is 2.22. The van der Waals surface area contributed by atoms with Crippen LogP contribution in [0.4, 0.5) is 20.6 Å². The lowest BCUT2D eigenvalue weighted by molar-refractivity contribution is 0.102. The SMILES string of the molecule is Cc1c(NC(=O)c2ccc(N3CCNC3=O)cc2)cnn1-c1ccccc1F. The average molecular weight is 379 g/mol. The predicted octanol–water partition coefficient (Wildman–Crippen LogP) is 3.10. The van der Waals surface area contributed by atoms with Crippen molar-refractivity contribution in [2.45, 2.75) is 6.92 Å². The van der Waals surface area contributed by atoms with Crippen molar-refractivity contribution in [1.82, 2.24) is 15.1 Å². The van der Waals surface area contributed by atoms with E-state index in [-0.39, 0.29) is 11.9 Å². The first kappa shape index (κ1) is 17.7. The molecule has 0 atom stereocenters. The molecule has 1 saturated heterocycles. The van der Waals surface area contributed by atoms with Gasteiger partial charge in [0.2, 0.25) is 0 Å². The molecular formula is C20H18FN5O2. The molecule has 2 heterocycles. The number of nitrogens with zero attached hydrogens (tertiary/aromatic N) is 3. The molecule has 7 nitrogen and oxygen atoms in total. The number of hydrogen-bond acceptors (Lipinski definition) is 3. The molecule has 0 aliphatic carbocycles. The van der Waals surface area contributed by atoms with Crippen LogP contribution in [-0.2, 0) is 0 Å². The van der Waals surface area contributed by atoms with Crippen molar-refractivity contribution in [2.75, 3.05) is 23.3 Å². The van der Waals surface area contributed by atoms with Gasteiger partial charge in [0.15, 0.2) is 0 Å². The summed E-state index contributed by atoms with van der Waals surface area (Å²) < 4.78 is 15.4. The van der Waals surface area contributed by atoms with Gasteiger partial charge in [0.1, 0.15) is 11.5 Å². The number of anilines is 2. The van der Waals surface area contributed by atoms with Crippen molar-refractivity contribution >= 4 is 23.3 Å². The van der Waals surface area contributed by atoms with Crippen molar-refractivity contribution < 1.29 is 14.0 Å².